The molecule has 5 nitrogen and oxygen atoms in total. The van der Waals surface area contributed by atoms with Gasteiger partial charge in [0.2, 0.25) is 0 Å². The zero-order valence-electron chi connectivity index (χ0n) is 11.2. The molecule has 1 unspecified atom stereocenters. The molecule has 1 aromatic heterocycles. The molecule has 2 rings (SSSR count). The van der Waals surface area contributed by atoms with Crippen molar-refractivity contribution in [2.24, 2.45) is 0 Å². The predicted molar refractivity (Wildman–Crippen MR) is 73.1 cm³/mol. The minimum absolute atomic E-state index is 0.0713. The lowest BCUT2D eigenvalue weighted by molar-refractivity contribution is 0.574. The van der Waals surface area contributed by atoms with Crippen molar-refractivity contribution in [1.82, 2.24) is 15.3 Å². The van der Waals surface area contributed by atoms with E-state index in [9.17, 15) is 4.79 Å². The van der Waals surface area contributed by atoms with Crippen molar-refractivity contribution in [3.63, 3.8) is 0 Å². The van der Waals surface area contributed by atoms with Gasteiger partial charge in [0.05, 0.1) is 0 Å². The van der Waals surface area contributed by atoms with Gasteiger partial charge in [-0.05, 0) is 32.7 Å². The quantitative estimate of drug-likeness (QED) is 0.820. The summed E-state index contributed by atoms with van der Waals surface area (Å²) in [5.74, 6) is 1.48. The molecule has 0 amide bonds. The summed E-state index contributed by atoms with van der Waals surface area (Å²) in [5, 5.41) is 3.49. The molecule has 1 atom stereocenters. The molecule has 1 fully saturated rings. The molecule has 0 spiro atoms. The Labute approximate surface area is 108 Å². The van der Waals surface area contributed by atoms with Crippen molar-refractivity contribution >= 4 is 5.82 Å². The second kappa shape index (κ2) is 6.00. The number of nitrogens with zero attached hydrogens (tertiary/aromatic N) is 2. The third kappa shape index (κ3) is 3.32. The zero-order chi connectivity index (χ0) is 13.0. The summed E-state index contributed by atoms with van der Waals surface area (Å²) < 4.78 is 0. The number of anilines is 1. The van der Waals surface area contributed by atoms with Gasteiger partial charge in [-0.15, -0.1) is 0 Å². The molecular formula is C13H22N4O. The van der Waals surface area contributed by atoms with Crippen LogP contribution in [0.1, 0.15) is 32.0 Å². The number of aromatic amines is 1. The van der Waals surface area contributed by atoms with Gasteiger partial charge in [-0.2, -0.15) is 0 Å². The molecule has 0 aromatic carbocycles. The summed E-state index contributed by atoms with van der Waals surface area (Å²) in [6.07, 6.45) is 3.51. The van der Waals surface area contributed by atoms with Gasteiger partial charge in [0, 0.05) is 25.2 Å². The lowest BCUT2D eigenvalue weighted by Crippen LogP contribution is -2.39. The minimum atomic E-state index is -0.0713. The predicted octanol–water partition coefficient (Wildman–Crippen LogP) is 1.05. The van der Waals surface area contributed by atoms with Crippen molar-refractivity contribution in [3.05, 3.63) is 22.2 Å². The molecule has 0 radical (unpaired) electrons. The zero-order valence-corrected chi connectivity index (χ0v) is 11.2. The van der Waals surface area contributed by atoms with Crippen molar-refractivity contribution in [3.8, 4) is 0 Å². The lowest BCUT2D eigenvalue weighted by atomic mass is 10.2. The van der Waals surface area contributed by atoms with E-state index in [-0.39, 0.29) is 5.56 Å². The molecule has 2 N–H and O–H groups in total. The Kier molecular flexibility index (Phi) is 4.36. The molecule has 2 heterocycles. The van der Waals surface area contributed by atoms with Crippen molar-refractivity contribution in [2.75, 3.05) is 24.5 Å². The first kappa shape index (κ1) is 13.1. The van der Waals surface area contributed by atoms with Crippen LogP contribution in [0.4, 0.5) is 5.82 Å². The normalized spacial score (nSPS) is 19.1. The van der Waals surface area contributed by atoms with Crippen LogP contribution in [0, 0.1) is 6.92 Å². The molecule has 1 aromatic rings. The van der Waals surface area contributed by atoms with Crippen LogP contribution in [0.2, 0.25) is 0 Å². The van der Waals surface area contributed by atoms with E-state index in [1.807, 2.05) is 6.92 Å². The number of rotatable bonds is 5. The number of hydrogen-bond donors (Lipinski definition) is 2. The van der Waals surface area contributed by atoms with E-state index in [0.29, 0.717) is 11.9 Å². The Bertz CT molecular complexity index is 437. The summed E-state index contributed by atoms with van der Waals surface area (Å²) in [6.45, 7) is 6.95. The monoisotopic (exact) mass is 250 g/mol. The first-order valence-electron chi connectivity index (χ1n) is 6.75. The van der Waals surface area contributed by atoms with Crippen LogP contribution in [0.25, 0.3) is 0 Å². The van der Waals surface area contributed by atoms with Gasteiger partial charge < -0.3 is 15.2 Å². The van der Waals surface area contributed by atoms with E-state index in [1.165, 1.54) is 12.8 Å². The maximum atomic E-state index is 11.5. The molecule has 100 valence electrons. The molecule has 0 saturated carbocycles. The van der Waals surface area contributed by atoms with Gasteiger partial charge in [0.1, 0.15) is 11.6 Å². The van der Waals surface area contributed by atoms with Crippen molar-refractivity contribution in [2.45, 2.75) is 39.2 Å². The average molecular weight is 250 g/mol. The molecular weight excluding hydrogens is 228 g/mol. The fourth-order valence-corrected chi connectivity index (χ4v) is 2.47. The summed E-state index contributed by atoms with van der Waals surface area (Å²) in [4.78, 5) is 20.9. The number of hydrogen-bond acceptors (Lipinski definition) is 4. The second-order valence-corrected chi connectivity index (χ2v) is 4.93. The summed E-state index contributed by atoms with van der Waals surface area (Å²) in [6, 6.07) is 2.12. The molecule has 18 heavy (non-hydrogen) atoms. The number of H-pyrrole nitrogens is 1. The Hall–Kier alpha value is -1.36. The Morgan fingerprint density at radius 1 is 1.56 bits per heavy atom. The summed E-state index contributed by atoms with van der Waals surface area (Å²) in [7, 11) is 0. The van der Waals surface area contributed by atoms with E-state index in [0.717, 1.165) is 31.9 Å². The highest BCUT2D eigenvalue weighted by atomic mass is 16.1. The van der Waals surface area contributed by atoms with Gasteiger partial charge in [0.15, 0.2) is 0 Å². The fourth-order valence-electron chi connectivity index (χ4n) is 2.47. The average Bonchev–Trinajstić information content (AvgIpc) is 2.80. The van der Waals surface area contributed by atoms with Crippen LogP contribution >= 0.6 is 0 Å². The second-order valence-electron chi connectivity index (χ2n) is 4.93. The van der Waals surface area contributed by atoms with Crippen molar-refractivity contribution < 1.29 is 0 Å². The number of nitrogens with one attached hydrogen (secondary N) is 2. The molecule has 1 saturated heterocycles. The fraction of sp³-hybridized carbons (Fsp3) is 0.692. The highest BCUT2D eigenvalue weighted by Gasteiger charge is 2.18. The Balaban J connectivity index is 2.14. The highest BCUT2D eigenvalue weighted by Crippen LogP contribution is 2.13. The Morgan fingerprint density at radius 2 is 2.39 bits per heavy atom. The Morgan fingerprint density at radius 3 is 3.00 bits per heavy atom. The third-order valence-electron chi connectivity index (χ3n) is 3.27. The van der Waals surface area contributed by atoms with Crippen LogP contribution in [-0.2, 0) is 0 Å². The first-order chi connectivity index (χ1) is 8.69. The third-order valence-corrected chi connectivity index (χ3v) is 3.27. The van der Waals surface area contributed by atoms with Gasteiger partial charge in [-0.1, -0.05) is 6.92 Å². The van der Waals surface area contributed by atoms with E-state index < -0.39 is 0 Å². The lowest BCUT2D eigenvalue weighted by Gasteiger charge is -2.26. The number of aromatic nitrogens is 2. The van der Waals surface area contributed by atoms with E-state index in [1.54, 1.807) is 6.07 Å². The van der Waals surface area contributed by atoms with E-state index >= 15 is 0 Å². The molecule has 0 bridgehead atoms. The van der Waals surface area contributed by atoms with Gasteiger partial charge >= 0.3 is 0 Å². The van der Waals surface area contributed by atoms with Crippen LogP contribution in [-0.4, -0.2) is 35.6 Å². The van der Waals surface area contributed by atoms with Gasteiger partial charge in [-0.25, -0.2) is 4.98 Å². The van der Waals surface area contributed by atoms with Gasteiger partial charge in [0.25, 0.3) is 5.56 Å². The van der Waals surface area contributed by atoms with Crippen LogP contribution < -0.4 is 15.8 Å². The largest absolute Gasteiger partial charge is 0.355 e. The number of aryl methyl sites for hydroxylation is 1. The SMILES string of the molecule is CCCN(CC1CCCN1)c1cc(=O)[nH]c(C)n1. The topological polar surface area (TPSA) is 61.0 Å². The standard InChI is InChI=1S/C13H22N4O/c1-3-7-17(9-11-5-4-6-14-11)12-8-13(18)16-10(2)15-12/h8,11,14H,3-7,9H2,1-2H3,(H,15,16,18). The van der Waals surface area contributed by atoms with Crippen LogP contribution in [0.5, 0.6) is 0 Å². The van der Waals surface area contributed by atoms with Gasteiger partial charge in [-0.3, -0.25) is 4.79 Å². The molecule has 0 aliphatic carbocycles. The maximum Gasteiger partial charge on any atom is 0.252 e. The highest BCUT2D eigenvalue weighted by molar-refractivity contribution is 5.37. The first-order valence-corrected chi connectivity index (χ1v) is 6.75. The summed E-state index contributed by atoms with van der Waals surface area (Å²) >= 11 is 0. The van der Waals surface area contributed by atoms with E-state index in [4.69, 9.17) is 0 Å². The minimum Gasteiger partial charge on any atom is -0.355 e. The maximum absolute atomic E-state index is 11.5. The van der Waals surface area contributed by atoms with Crippen molar-refractivity contribution in [1.29, 1.82) is 0 Å². The molecule has 5 heteroatoms. The molecule has 1 aliphatic rings. The summed E-state index contributed by atoms with van der Waals surface area (Å²) in [5.41, 5.74) is -0.0713. The molecule has 1 aliphatic heterocycles. The van der Waals surface area contributed by atoms with E-state index in [2.05, 4.69) is 27.1 Å². The van der Waals surface area contributed by atoms with Crippen LogP contribution in [0.15, 0.2) is 10.9 Å². The van der Waals surface area contributed by atoms with Crippen LogP contribution in [0.3, 0.4) is 0 Å². The smallest absolute Gasteiger partial charge is 0.252 e.